The minimum absolute atomic E-state index is 0.0363. The van der Waals surface area contributed by atoms with E-state index in [9.17, 15) is 28.8 Å². The number of esters is 1. The van der Waals surface area contributed by atoms with Crippen LogP contribution in [0.5, 0.6) is 5.75 Å². The predicted octanol–water partition coefficient (Wildman–Crippen LogP) is 2.42. The number of amides is 5. The maximum Gasteiger partial charge on any atom is 0.409 e. The van der Waals surface area contributed by atoms with Gasteiger partial charge in [-0.1, -0.05) is 13.0 Å². The maximum absolute atomic E-state index is 14.1. The number of nitrogens with one attached hydrogen (secondary N) is 2. The van der Waals surface area contributed by atoms with Crippen LogP contribution in [0.15, 0.2) is 24.3 Å². The molecule has 3 aliphatic heterocycles. The fourth-order valence-electron chi connectivity index (χ4n) is 7.81. The first-order valence-corrected chi connectivity index (χ1v) is 21.2. The lowest BCUT2D eigenvalue weighted by Gasteiger charge is -2.36. The summed E-state index contributed by atoms with van der Waals surface area (Å²) >= 11 is 0. The van der Waals surface area contributed by atoms with Crippen LogP contribution in [0.3, 0.4) is 0 Å². The zero-order valence-electron chi connectivity index (χ0n) is 34.6. The van der Waals surface area contributed by atoms with Gasteiger partial charge in [-0.2, -0.15) is 0 Å². The van der Waals surface area contributed by atoms with E-state index in [4.69, 9.17) is 18.9 Å². The Morgan fingerprint density at radius 1 is 0.915 bits per heavy atom. The number of aryl methyl sites for hydroxylation is 1. The number of benzene rings is 1. The largest absolute Gasteiger partial charge is 0.483 e. The van der Waals surface area contributed by atoms with Crippen molar-refractivity contribution in [2.24, 2.45) is 0 Å². The van der Waals surface area contributed by atoms with Gasteiger partial charge in [0.2, 0.25) is 11.8 Å². The third-order valence-electron chi connectivity index (χ3n) is 11.5. The van der Waals surface area contributed by atoms with Crippen LogP contribution in [0.25, 0.3) is 10.9 Å². The van der Waals surface area contributed by atoms with Crippen LogP contribution in [0, 0.1) is 6.92 Å². The molecule has 1 aromatic carbocycles. The van der Waals surface area contributed by atoms with Gasteiger partial charge in [0.15, 0.2) is 6.61 Å². The molecular formula is C42H59N7O10. The Morgan fingerprint density at radius 3 is 2.36 bits per heavy atom. The Morgan fingerprint density at radius 2 is 1.66 bits per heavy atom. The van der Waals surface area contributed by atoms with Crippen molar-refractivity contribution in [3.05, 3.63) is 35.5 Å². The molecule has 4 heterocycles. The van der Waals surface area contributed by atoms with E-state index in [0.29, 0.717) is 56.5 Å². The second-order valence-corrected chi connectivity index (χ2v) is 15.7. The van der Waals surface area contributed by atoms with Crippen LogP contribution < -0.4 is 15.4 Å². The van der Waals surface area contributed by atoms with E-state index in [2.05, 4.69) is 20.5 Å². The second-order valence-electron chi connectivity index (χ2n) is 15.7. The fraction of sp³-hybridized carbons (Fsp3) is 0.643. The molecule has 59 heavy (non-hydrogen) atoms. The molecule has 5 amide bonds. The quantitative estimate of drug-likeness (QED) is 0.236. The van der Waals surface area contributed by atoms with Crippen molar-refractivity contribution < 1.29 is 47.7 Å². The molecule has 17 heteroatoms. The number of ether oxygens (including phenoxy) is 4. The highest BCUT2D eigenvalue weighted by Crippen LogP contribution is 2.28. The summed E-state index contributed by atoms with van der Waals surface area (Å²) in [6.45, 7) is 10.2. The maximum atomic E-state index is 14.1. The van der Waals surface area contributed by atoms with E-state index in [1.54, 1.807) is 28.9 Å². The minimum atomic E-state index is -1.12. The number of fused-ring (bicyclic) bond motifs is 1. The van der Waals surface area contributed by atoms with Gasteiger partial charge in [0.05, 0.1) is 25.3 Å². The second kappa shape index (κ2) is 20.8. The first kappa shape index (κ1) is 43.5. The summed E-state index contributed by atoms with van der Waals surface area (Å²) in [5.41, 5.74) is 1.29. The zero-order chi connectivity index (χ0) is 41.9. The molecular weight excluding hydrogens is 763 g/mol. The van der Waals surface area contributed by atoms with Gasteiger partial charge < -0.3 is 44.3 Å². The van der Waals surface area contributed by atoms with Crippen LogP contribution in [0.1, 0.15) is 81.3 Å². The van der Waals surface area contributed by atoms with Crippen molar-refractivity contribution in [3.63, 3.8) is 0 Å². The Labute approximate surface area is 345 Å². The molecule has 0 bridgehead atoms. The summed E-state index contributed by atoms with van der Waals surface area (Å²) in [5, 5.41) is 6.47. The molecule has 322 valence electrons. The molecule has 17 nitrogen and oxygen atoms in total. The number of rotatable bonds is 16. The Hall–Kier alpha value is -5.03. The molecule has 1 unspecified atom stereocenters. The molecule has 2 N–H and O–H groups in total. The van der Waals surface area contributed by atoms with E-state index >= 15 is 0 Å². The number of carbonyl (C=O) groups is 6. The van der Waals surface area contributed by atoms with Crippen molar-refractivity contribution in [3.8, 4) is 5.75 Å². The molecule has 1 saturated carbocycles. The van der Waals surface area contributed by atoms with Crippen molar-refractivity contribution in [1.29, 1.82) is 0 Å². The summed E-state index contributed by atoms with van der Waals surface area (Å²) in [5.74, 6) is -1.79. The molecule has 3 saturated heterocycles. The highest BCUT2D eigenvalue weighted by Gasteiger charge is 2.36. The van der Waals surface area contributed by atoms with Crippen molar-refractivity contribution in [1.82, 2.24) is 35.2 Å². The number of aromatic nitrogens is 1. The van der Waals surface area contributed by atoms with Gasteiger partial charge in [0.1, 0.15) is 29.6 Å². The van der Waals surface area contributed by atoms with Crippen LogP contribution in [0.2, 0.25) is 0 Å². The summed E-state index contributed by atoms with van der Waals surface area (Å²) in [6.07, 6.45) is 3.93. The van der Waals surface area contributed by atoms with Crippen molar-refractivity contribution >= 4 is 46.6 Å². The molecule has 0 spiro atoms. The van der Waals surface area contributed by atoms with E-state index < -0.39 is 36.0 Å². The average molecular weight is 822 g/mol. The van der Waals surface area contributed by atoms with E-state index in [1.165, 1.54) is 11.0 Å². The Bertz CT molecular complexity index is 1830. The van der Waals surface area contributed by atoms with Gasteiger partial charge >= 0.3 is 12.1 Å². The van der Waals surface area contributed by atoms with Crippen LogP contribution in [-0.2, 0) is 33.4 Å². The summed E-state index contributed by atoms with van der Waals surface area (Å²) in [6, 6.07) is 5.41. The molecule has 1 aromatic heterocycles. The van der Waals surface area contributed by atoms with Crippen molar-refractivity contribution in [2.75, 3.05) is 78.8 Å². The Kier molecular flexibility index (Phi) is 15.3. The number of morpholine rings is 1. The molecule has 3 atom stereocenters. The number of nitrogens with zero attached hydrogens (tertiary/aromatic N) is 5. The molecule has 4 fully saturated rings. The predicted molar refractivity (Wildman–Crippen MR) is 216 cm³/mol. The third kappa shape index (κ3) is 11.6. The van der Waals surface area contributed by atoms with E-state index in [-0.39, 0.29) is 87.6 Å². The molecule has 6 rings (SSSR count). The molecule has 4 aliphatic rings. The third-order valence-corrected chi connectivity index (χ3v) is 11.5. The van der Waals surface area contributed by atoms with Gasteiger partial charge in [-0.05, 0) is 76.5 Å². The lowest BCUT2D eigenvalue weighted by Crippen LogP contribution is -2.56. The lowest BCUT2D eigenvalue weighted by atomic mass is 9.93. The normalized spacial score (nSPS) is 19.7. The minimum Gasteiger partial charge on any atom is -0.483 e. The van der Waals surface area contributed by atoms with Gasteiger partial charge in [0, 0.05) is 76.3 Å². The number of carbonyl (C=O) groups excluding carboxylic acids is 6. The topological polar surface area (TPSA) is 189 Å². The van der Waals surface area contributed by atoms with E-state index in [1.807, 2.05) is 19.9 Å². The van der Waals surface area contributed by atoms with E-state index in [0.717, 1.165) is 37.9 Å². The number of pyridine rings is 1. The molecule has 0 radical (unpaired) electrons. The molecule has 2 aromatic rings. The highest BCUT2D eigenvalue weighted by molar-refractivity contribution is 5.99. The van der Waals surface area contributed by atoms with Crippen LogP contribution in [-0.4, -0.2) is 163 Å². The summed E-state index contributed by atoms with van der Waals surface area (Å²) in [7, 11) is 0. The smallest absolute Gasteiger partial charge is 0.409 e. The first-order valence-electron chi connectivity index (χ1n) is 21.2. The van der Waals surface area contributed by atoms with Crippen LogP contribution >= 0.6 is 0 Å². The summed E-state index contributed by atoms with van der Waals surface area (Å²) < 4.78 is 22.5. The Balaban J connectivity index is 1.15. The first-order chi connectivity index (χ1) is 28.5. The van der Waals surface area contributed by atoms with Gasteiger partial charge in [-0.3, -0.25) is 28.9 Å². The van der Waals surface area contributed by atoms with Gasteiger partial charge in [0.25, 0.3) is 11.8 Å². The summed E-state index contributed by atoms with van der Waals surface area (Å²) in [4.78, 5) is 91.7. The number of hydrogen-bond acceptors (Lipinski definition) is 12. The average Bonchev–Trinajstić information content (AvgIpc) is 3.73. The standard InChI is InChI=1S/C42H59N7O10/c1-4-30(26-46-20-22-56-23-21-46)59-38(51)14-13-32(41(54)47-16-18-48(19-17-47)42(55)57-5-2)45-39(52)34-25-36(31-12-11-28(3)24-33(31)44-34)58-27-37(50)49-15-7-10-35(49)40(53)43-29-8-6-9-29/h11-12,24-25,29-30,32,35H,4-10,13-23,26-27H2,1-3H3,(H,43,53)(H,45,52)/t30?,32-,35-/m0/s1. The molecule has 1 aliphatic carbocycles. The van der Waals surface area contributed by atoms with Gasteiger partial charge in [-0.15, -0.1) is 0 Å². The van der Waals surface area contributed by atoms with Crippen LogP contribution in [0.4, 0.5) is 4.79 Å². The number of hydrogen-bond donors (Lipinski definition) is 2. The van der Waals surface area contributed by atoms with Crippen molar-refractivity contribution in [2.45, 2.75) is 96.4 Å². The number of piperazine rings is 1. The zero-order valence-corrected chi connectivity index (χ0v) is 34.6. The lowest BCUT2D eigenvalue weighted by molar-refractivity contribution is -0.151. The number of likely N-dealkylation sites (tertiary alicyclic amines) is 1. The monoisotopic (exact) mass is 821 g/mol. The fourth-order valence-corrected chi connectivity index (χ4v) is 7.81. The SMILES string of the molecule is CCOC(=O)N1CCN(C(=O)[C@H](CCC(=O)OC(CC)CN2CCOCC2)NC(=O)c2cc(OCC(=O)N3CCC[C@H]3C(=O)NC3CCC3)c3ccc(C)cc3n2)CC1. The highest BCUT2D eigenvalue weighted by atomic mass is 16.6. The van der Waals surface area contributed by atoms with Gasteiger partial charge in [-0.25, -0.2) is 9.78 Å².